The first-order chi connectivity index (χ1) is 9.79. The van der Waals surface area contributed by atoms with E-state index in [-0.39, 0.29) is 16.5 Å². The van der Waals surface area contributed by atoms with Gasteiger partial charge in [0.1, 0.15) is 0 Å². The van der Waals surface area contributed by atoms with E-state index in [2.05, 4.69) is 14.9 Å². The van der Waals surface area contributed by atoms with E-state index >= 15 is 0 Å². The number of sulfonamides is 1. The minimum atomic E-state index is -3.77. The Hall–Kier alpha value is -2.19. The van der Waals surface area contributed by atoms with Crippen molar-refractivity contribution in [3.63, 3.8) is 0 Å². The van der Waals surface area contributed by atoms with Gasteiger partial charge in [0.25, 0.3) is 0 Å². The average Bonchev–Trinajstić information content (AvgIpc) is 2.90. The molecule has 1 heterocycles. The molecule has 0 aliphatic rings. The van der Waals surface area contributed by atoms with Crippen LogP contribution in [0.3, 0.4) is 0 Å². The van der Waals surface area contributed by atoms with Crippen molar-refractivity contribution >= 4 is 16.0 Å². The van der Waals surface area contributed by atoms with Crippen molar-refractivity contribution in [2.24, 2.45) is 0 Å². The van der Waals surface area contributed by atoms with E-state index in [1.165, 1.54) is 18.3 Å². The number of aromatic amines is 1. The van der Waals surface area contributed by atoms with E-state index in [4.69, 9.17) is 5.11 Å². The first-order valence-electron chi connectivity index (χ1n) is 6.19. The highest BCUT2D eigenvalue weighted by Gasteiger charge is 2.19. The molecule has 0 radical (unpaired) electrons. The Morgan fingerprint density at radius 1 is 1.29 bits per heavy atom. The number of hydrogen-bond donors (Lipinski definition) is 3. The van der Waals surface area contributed by atoms with Gasteiger partial charge in [0.15, 0.2) is 0 Å². The summed E-state index contributed by atoms with van der Waals surface area (Å²) in [5.74, 6) is -1.19. The zero-order valence-electron chi connectivity index (χ0n) is 11.5. The fourth-order valence-corrected chi connectivity index (χ4v) is 3.15. The second kappa shape index (κ2) is 5.66. The van der Waals surface area contributed by atoms with Gasteiger partial charge in [-0.3, -0.25) is 5.10 Å². The Kier molecular flexibility index (Phi) is 4.10. The zero-order chi connectivity index (χ0) is 15.6. The first-order valence-corrected chi connectivity index (χ1v) is 7.68. The monoisotopic (exact) mass is 309 g/mol. The lowest BCUT2D eigenvalue weighted by atomic mass is 10.1. The molecule has 0 bridgehead atoms. The summed E-state index contributed by atoms with van der Waals surface area (Å²) in [5.41, 5.74) is 0.977. The van der Waals surface area contributed by atoms with Crippen LogP contribution in [0.2, 0.25) is 0 Å². The van der Waals surface area contributed by atoms with Crippen molar-refractivity contribution in [1.82, 2.24) is 14.9 Å². The highest BCUT2D eigenvalue weighted by molar-refractivity contribution is 7.89. The van der Waals surface area contributed by atoms with Crippen LogP contribution in [0.1, 0.15) is 24.2 Å². The number of carbonyl (C=O) groups is 1. The van der Waals surface area contributed by atoms with Gasteiger partial charge in [-0.15, -0.1) is 0 Å². The summed E-state index contributed by atoms with van der Waals surface area (Å²) in [5, 5.41) is 15.5. The topological polar surface area (TPSA) is 112 Å². The van der Waals surface area contributed by atoms with Crippen molar-refractivity contribution < 1.29 is 18.3 Å². The van der Waals surface area contributed by atoms with E-state index in [1.54, 1.807) is 20.0 Å². The van der Waals surface area contributed by atoms with Crippen LogP contribution in [0.25, 0.3) is 11.1 Å². The van der Waals surface area contributed by atoms with Gasteiger partial charge in [0.05, 0.1) is 16.7 Å². The molecule has 1 aromatic heterocycles. The van der Waals surface area contributed by atoms with E-state index in [1.807, 2.05) is 0 Å². The number of hydrogen-bond acceptors (Lipinski definition) is 4. The van der Waals surface area contributed by atoms with Gasteiger partial charge in [-0.1, -0.05) is 0 Å². The maximum atomic E-state index is 12.2. The summed E-state index contributed by atoms with van der Waals surface area (Å²) in [6.45, 7) is 3.38. The van der Waals surface area contributed by atoms with Crippen LogP contribution in [-0.4, -0.2) is 35.7 Å². The number of carboxylic acid groups (broad SMARTS) is 1. The molecule has 0 spiro atoms. The molecule has 0 aliphatic heterocycles. The molecule has 0 saturated carbocycles. The van der Waals surface area contributed by atoms with Gasteiger partial charge in [-0.2, -0.15) is 5.10 Å². The molecule has 0 atom stereocenters. The summed E-state index contributed by atoms with van der Waals surface area (Å²) in [6, 6.07) is 3.67. The van der Waals surface area contributed by atoms with E-state index in [0.29, 0.717) is 11.1 Å². The van der Waals surface area contributed by atoms with E-state index < -0.39 is 16.0 Å². The summed E-state index contributed by atoms with van der Waals surface area (Å²) < 4.78 is 26.9. The Bertz CT molecular complexity index is 752. The Balaban J connectivity index is 2.59. The maximum Gasteiger partial charge on any atom is 0.335 e. The van der Waals surface area contributed by atoms with Crippen LogP contribution in [0.15, 0.2) is 35.5 Å². The number of rotatable bonds is 5. The molecule has 0 saturated heterocycles. The van der Waals surface area contributed by atoms with Crippen LogP contribution < -0.4 is 4.72 Å². The zero-order valence-corrected chi connectivity index (χ0v) is 12.3. The molecular formula is C13H15N3O4S. The molecular weight excluding hydrogens is 294 g/mol. The quantitative estimate of drug-likeness (QED) is 0.774. The van der Waals surface area contributed by atoms with E-state index in [9.17, 15) is 13.2 Å². The fourth-order valence-electron chi connectivity index (χ4n) is 1.83. The predicted molar refractivity (Wildman–Crippen MR) is 76.4 cm³/mol. The molecule has 7 nitrogen and oxygen atoms in total. The number of H-pyrrole nitrogens is 1. The molecule has 3 N–H and O–H groups in total. The third kappa shape index (κ3) is 3.47. The predicted octanol–water partition coefficient (Wildman–Crippen LogP) is 1.46. The number of nitrogens with zero attached hydrogens (tertiary/aromatic N) is 1. The van der Waals surface area contributed by atoms with Crippen molar-refractivity contribution in [1.29, 1.82) is 0 Å². The van der Waals surface area contributed by atoms with Crippen LogP contribution in [0.4, 0.5) is 0 Å². The number of carboxylic acids is 1. The molecule has 21 heavy (non-hydrogen) atoms. The van der Waals surface area contributed by atoms with Crippen LogP contribution in [-0.2, 0) is 10.0 Å². The number of aromatic nitrogens is 2. The van der Waals surface area contributed by atoms with Gasteiger partial charge in [0, 0.05) is 17.8 Å². The SMILES string of the molecule is CC(C)NS(=O)(=O)c1cc(C(=O)O)cc(-c2cn[nH]c2)c1. The van der Waals surface area contributed by atoms with Crippen molar-refractivity contribution in [2.45, 2.75) is 24.8 Å². The summed E-state index contributed by atoms with van der Waals surface area (Å²) in [6.07, 6.45) is 3.06. The minimum Gasteiger partial charge on any atom is -0.478 e. The lowest BCUT2D eigenvalue weighted by molar-refractivity contribution is 0.0696. The largest absolute Gasteiger partial charge is 0.478 e. The third-order valence-corrected chi connectivity index (χ3v) is 4.32. The molecule has 0 fully saturated rings. The average molecular weight is 309 g/mol. The molecule has 112 valence electrons. The molecule has 8 heteroatoms. The summed E-state index contributed by atoms with van der Waals surface area (Å²) in [4.78, 5) is 11.1. The lowest BCUT2D eigenvalue weighted by Crippen LogP contribution is -2.30. The van der Waals surface area contributed by atoms with Gasteiger partial charge >= 0.3 is 5.97 Å². The Morgan fingerprint density at radius 3 is 2.52 bits per heavy atom. The second-order valence-corrected chi connectivity index (χ2v) is 6.53. The lowest BCUT2D eigenvalue weighted by Gasteiger charge is -2.11. The third-order valence-electron chi connectivity index (χ3n) is 2.69. The molecule has 2 rings (SSSR count). The Morgan fingerprint density at radius 2 is 2.00 bits per heavy atom. The highest BCUT2D eigenvalue weighted by Crippen LogP contribution is 2.24. The highest BCUT2D eigenvalue weighted by atomic mass is 32.2. The van der Waals surface area contributed by atoms with E-state index in [0.717, 1.165) is 6.07 Å². The molecule has 0 amide bonds. The van der Waals surface area contributed by atoms with Crippen molar-refractivity contribution in [2.75, 3.05) is 0 Å². The smallest absolute Gasteiger partial charge is 0.335 e. The number of nitrogens with one attached hydrogen (secondary N) is 2. The summed E-state index contributed by atoms with van der Waals surface area (Å²) in [7, 11) is -3.77. The van der Waals surface area contributed by atoms with Crippen molar-refractivity contribution in [3.8, 4) is 11.1 Å². The number of aromatic carboxylic acids is 1. The Labute approximate surface area is 122 Å². The fraction of sp³-hybridized carbons (Fsp3) is 0.231. The minimum absolute atomic E-state index is 0.0905. The van der Waals surface area contributed by atoms with Gasteiger partial charge in [-0.25, -0.2) is 17.9 Å². The number of benzene rings is 1. The van der Waals surface area contributed by atoms with Gasteiger partial charge in [-0.05, 0) is 37.6 Å². The molecule has 1 aromatic carbocycles. The normalized spacial score (nSPS) is 11.8. The van der Waals surface area contributed by atoms with Crippen molar-refractivity contribution in [3.05, 3.63) is 36.2 Å². The van der Waals surface area contributed by atoms with Gasteiger partial charge < -0.3 is 5.11 Å². The van der Waals surface area contributed by atoms with Gasteiger partial charge in [0.2, 0.25) is 10.0 Å². The van der Waals surface area contributed by atoms with Crippen LogP contribution >= 0.6 is 0 Å². The standard InChI is InChI=1S/C13H15N3O4S/c1-8(2)16-21(19,20)12-4-9(11-6-14-15-7-11)3-10(5-12)13(17)18/h3-8,16H,1-2H3,(H,14,15)(H,17,18). The molecule has 2 aromatic rings. The second-order valence-electron chi connectivity index (χ2n) is 4.81. The first kappa shape index (κ1) is 15.2. The molecule has 0 aliphatic carbocycles. The van der Waals surface area contributed by atoms with Crippen LogP contribution in [0, 0.1) is 0 Å². The molecule has 0 unspecified atom stereocenters. The van der Waals surface area contributed by atoms with Crippen LogP contribution in [0.5, 0.6) is 0 Å². The summed E-state index contributed by atoms with van der Waals surface area (Å²) >= 11 is 0. The maximum absolute atomic E-state index is 12.2.